The zero-order valence-corrected chi connectivity index (χ0v) is 20.8. The van der Waals surface area contributed by atoms with Gasteiger partial charge in [-0.1, -0.05) is 39.8 Å². The van der Waals surface area contributed by atoms with E-state index in [9.17, 15) is 29.4 Å². The van der Waals surface area contributed by atoms with Crippen molar-refractivity contribution in [2.45, 2.75) is 64.7 Å². The summed E-state index contributed by atoms with van der Waals surface area (Å²) in [6.07, 6.45) is 0.342. The lowest BCUT2D eigenvalue weighted by Gasteiger charge is -2.27. The van der Waals surface area contributed by atoms with Crippen molar-refractivity contribution in [2.24, 2.45) is 17.6 Å². The Labute approximate surface area is 205 Å². The Hall–Kier alpha value is -2.79. The van der Waals surface area contributed by atoms with Crippen LogP contribution in [0.5, 0.6) is 5.75 Å². The lowest BCUT2D eigenvalue weighted by molar-refractivity contribution is -0.143. The highest BCUT2D eigenvalue weighted by molar-refractivity contribution is 7.80. The molecular weight excluding hydrogens is 460 g/mol. The smallest absolute Gasteiger partial charge is 0.326 e. The first-order chi connectivity index (χ1) is 15.8. The molecule has 1 aromatic rings. The van der Waals surface area contributed by atoms with Gasteiger partial charge >= 0.3 is 5.97 Å². The largest absolute Gasteiger partial charge is 0.508 e. The molecule has 34 heavy (non-hydrogen) atoms. The molecule has 0 aromatic heterocycles. The monoisotopic (exact) mass is 496 g/mol. The van der Waals surface area contributed by atoms with E-state index in [1.807, 2.05) is 13.8 Å². The number of hydrogen-bond donors (Lipinski definition) is 7. The predicted octanol–water partition coefficient (Wildman–Crippen LogP) is 0.433. The van der Waals surface area contributed by atoms with E-state index in [4.69, 9.17) is 5.73 Å². The third kappa shape index (κ3) is 9.60. The molecular formula is C23H36N4O6S. The van der Waals surface area contributed by atoms with Crippen LogP contribution in [-0.2, 0) is 25.6 Å². The second-order valence-corrected chi connectivity index (χ2v) is 9.35. The first kappa shape index (κ1) is 29.2. The van der Waals surface area contributed by atoms with Gasteiger partial charge in [0, 0.05) is 12.2 Å². The van der Waals surface area contributed by atoms with Crippen LogP contribution in [-0.4, -0.2) is 63.8 Å². The van der Waals surface area contributed by atoms with Crippen LogP contribution < -0.4 is 21.7 Å². The van der Waals surface area contributed by atoms with Crippen molar-refractivity contribution in [2.75, 3.05) is 5.75 Å². The van der Waals surface area contributed by atoms with Crippen LogP contribution in [0.3, 0.4) is 0 Å². The number of phenolic OH excluding ortho intramolecular Hbond substituents is 1. The summed E-state index contributed by atoms with van der Waals surface area (Å²) >= 11 is 4.01. The number of rotatable bonds is 13. The van der Waals surface area contributed by atoms with Crippen LogP contribution in [0.25, 0.3) is 0 Å². The van der Waals surface area contributed by atoms with Crippen LogP contribution in [0, 0.1) is 11.8 Å². The maximum absolute atomic E-state index is 13.2. The van der Waals surface area contributed by atoms with E-state index in [0.717, 1.165) is 0 Å². The Balaban J connectivity index is 3.11. The van der Waals surface area contributed by atoms with Crippen LogP contribution in [0.15, 0.2) is 24.3 Å². The molecule has 3 amide bonds. The van der Waals surface area contributed by atoms with Crippen molar-refractivity contribution in [3.05, 3.63) is 29.8 Å². The average Bonchev–Trinajstić information content (AvgIpc) is 2.76. The van der Waals surface area contributed by atoms with E-state index < -0.39 is 47.9 Å². The van der Waals surface area contributed by atoms with Crippen molar-refractivity contribution in [3.8, 4) is 5.75 Å². The number of benzene rings is 1. The standard InChI is InChI=1S/C23H36N4O6S/c1-12(2)9-17(22(31)27-19(13(3)4)23(32)33)26-21(30)18(25-20(29)16(24)11-34)10-14-5-7-15(28)8-6-14/h5-8,12-13,16-19,28,34H,9-11,24H2,1-4H3,(H,25,29)(H,26,30)(H,27,31)(H,32,33). The van der Waals surface area contributed by atoms with Gasteiger partial charge in [0.2, 0.25) is 17.7 Å². The van der Waals surface area contributed by atoms with Gasteiger partial charge in [-0.05, 0) is 36.0 Å². The summed E-state index contributed by atoms with van der Waals surface area (Å²) in [5.41, 5.74) is 6.39. The van der Waals surface area contributed by atoms with Gasteiger partial charge in [-0.15, -0.1) is 0 Å². The molecule has 0 radical (unpaired) electrons. The Morgan fingerprint density at radius 3 is 1.91 bits per heavy atom. The van der Waals surface area contributed by atoms with Crippen molar-refractivity contribution >= 4 is 36.3 Å². The van der Waals surface area contributed by atoms with E-state index in [1.54, 1.807) is 26.0 Å². The summed E-state index contributed by atoms with van der Waals surface area (Å²) in [5, 5.41) is 26.6. The second-order valence-electron chi connectivity index (χ2n) is 8.98. The lowest BCUT2D eigenvalue weighted by atomic mass is 9.99. The molecule has 0 aliphatic rings. The lowest BCUT2D eigenvalue weighted by Crippen LogP contribution is -2.58. The quantitative estimate of drug-likeness (QED) is 0.194. The average molecular weight is 497 g/mol. The molecule has 1 aromatic carbocycles. The van der Waals surface area contributed by atoms with E-state index in [1.165, 1.54) is 12.1 Å². The van der Waals surface area contributed by atoms with E-state index >= 15 is 0 Å². The summed E-state index contributed by atoms with van der Waals surface area (Å²) in [7, 11) is 0. The molecule has 7 N–H and O–H groups in total. The fourth-order valence-electron chi connectivity index (χ4n) is 3.18. The Kier molecular flexibility index (Phi) is 11.9. The van der Waals surface area contributed by atoms with Gasteiger partial charge in [-0.3, -0.25) is 14.4 Å². The van der Waals surface area contributed by atoms with Crippen molar-refractivity contribution in [3.63, 3.8) is 0 Å². The zero-order chi connectivity index (χ0) is 26.0. The predicted molar refractivity (Wildman–Crippen MR) is 131 cm³/mol. The Morgan fingerprint density at radius 1 is 0.912 bits per heavy atom. The number of hydrogen-bond acceptors (Lipinski definition) is 7. The first-order valence-electron chi connectivity index (χ1n) is 11.1. The number of thiol groups is 1. The first-order valence-corrected chi connectivity index (χ1v) is 11.8. The Morgan fingerprint density at radius 2 is 1.44 bits per heavy atom. The topological polar surface area (TPSA) is 171 Å². The highest BCUT2D eigenvalue weighted by atomic mass is 32.1. The van der Waals surface area contributed by atoms with Crippen LogP contribution >= 0.6 is 12.6 Å². The molecule has 4 unspecified atom stereocenters. The molecule has 0 aliphatic carbocycles. The highest BCUT2D eigenvalue weighted by Gasteiger charge is 2.31. The number of phenols is 1. The van der Waals surface area contributed by atoms with Crippen LogP contribution in [0.2, 0.25) is 0 Å². The van der Waals surface area contributed by atoms with Gasteiger partial charge in [-0.2, -0.15) is 12.6 Å². The van der Waals surface area contributed by atoms with E-state index in [-0.39, 0.29) is 36.2 Å². The molecule has 1 rings (SSSR count). The van der Waals surface area contributed by atoms with Gasteiger partial charge in [-0.25, -0.2) is 4.79 Å². The number of aromatic hydroxyl groups is 1. The van der Waals surface area contributed by atoms with Crippen LogP contribution in [0.1, 0.15) is 39.7 Å². The minimum Gasteiger partial charge on any atom is -0.508 e. The van der Waals surface area contributed by atoms with Gasteiger partial charge in [0.1, 0.15) is 23.9 Å². The third-order valence-corrected chi connectivity index (χ3v) is 5.51. The normalized spacial score (nSPS) is 14.7. The van der Waals surface area contributed by atoms with Crippen LogP contribution in [0.4, 0.5) is 0 Å². The molecule has 10 nitrogen and oxygen atoms in total. The number of nitrogens with one attached hydrogen (secondary N) is 3. The fourth-order valence-corrected chi connectivity index (χ4v) is 3.35. The van der Waals surface area contributed by atoms with Crippen molar-refractivity contribution < 1.29 is 29.4 Å². The second kappa shape index (κ2) is 13.8. The molecule has 0 spiro atoms. The maximum atomic E-state index is 13.2. The molecule has 0 bridgehead atoms. The van der Waals surface area contributed by atoms with Crippen molar-refractivity contribution in [1.29, 1.82) is 0 Å². The summed E-state index contributed by atoms with van der Waals surface area (Å²) in [4.78, 5) is 50.0. The summed E-state index contributed by atoms with van der Waals surface area (Å²) in [6.45, 7) is 7.07. The third-order valence-electron chi connectivity index (χ3n) is 5.11. The molecule has 0 heterocycles. The maximum Gasteiger partial charge on any atom is 0.326 e. The molecule has 0 aliphatic heterocycles. The van der Waals surface area contributed by atoms with Gasteiger partial charge < -0.3 is 31.9 Å². The minimum atomic E-state index is -1.17. The van der Waals surface area contributed by atoms with Gasteiger partial charge in [0.05, 0.1) is 6.04 Å². The summed E-state index contributed by atoms with van der Waals surface area (Å²) < 4.78 is 0. The molecule has 190 valence electrons. The molecule has 11 heteroatoms. The number of carboxylic acid groups (broad SMARTS) is 1. The number of carbonyl (C=O) groups excluding carboxylic acids is 3. The van der Waals surface area contributed by atoms with Gasteiger partial charge in [0.25, 0.3) is 0 Å². The number of aliphatic carboxylic acids is 1. The van der Waals surface area contributed by atoms with Crippen molar-refractivity contribution in [1.82, 2.24) is 16.0 Å². The number of carbonyl (C=O) groups is 4. The van der Waals surface area contributed by atoms with E-state index in [0.29, 0.717) is 5.56 Å². The zero-order valence-electron chi connectivity index (χ0n) is 19.9. The molecule has 4 atom stereocenters. The highest BCUT2D eigenvalue weighted by Crippen LogP contribution is 2.13. The molecule has 0 saturated carbocycles. The number of nitrogens with two attached hydrogens (primary N) is 1. The molecule has 0 fully saturated rings. The Bertz CT molecular complexity index is 846. The SMILES string of the molecule is CC(C)CC(NC(=O)C(Cc1ccc(O)cc1)NC(=O)C(N)CS)C(=O)NC(C(=O)O)C(C)C. The van der Waals surface area contributed by atoms with E-state index in [2.05, 4.69) is 28.6 Å². The summed E-state index contributed by atoms with van der Waals surface area (Å²) in [5.74, 6) is -3.21. The molecule has 0 saturated heterocycles. The number of amides is 3. The van der Waals surface area contributed by atoms with Gasteiger partial charge in [0.15, 0.2) is 0 Å². The summed E-state index contributed by atoms with van der Waals surface area (Å²) in [6, 6.07) is 2.02. The minimum absolute atomic E-state index is 0.0149. The number of carboxylic acids is 1. The fraction of sp³-hybridized carbons (Fsp3) is 0.565.